The first kappa shape index (κ1) is 25.8. The van der Waals surface area contributed by atoms with Gasteiger partial charge in [-0.1, -0.05) is 54.1 Å². The Morgan fingerprint density at radius 1 is 0.897 bits per heavy atom. The zero-order valence-corrected chi connectivity index (χ0v) is 21.8. The number of halogens is 1. The number of benzene rings is 4. The van der Waals surface area contributed by atoms with Gasteiger partial charge >= 0.3 is 6.03 Å². The highest BCUT2D eigenvalue weighted by atomic mass is 35.5. The number of nitrogens with zero attached hydrogens (tertiary/aromatic N) is 1. The third-order valence-electron chi connectivity index (χ3n) is 6.25. The van der Waals surface area contributed by atoms with E-state index < -0.39 is 17.8 Å². The van der Waals surface area contributed by atoms with Crippen LogP contribution in [0, 0.1) is 0 Å². The number of ether oxygens (including phenoxy) is 3. The second-order valence-corrected chi connectivity index (χ2v) is 9.02. The number of urea groups is 1. The fraction of sp³-hybridized carbons (Fsp3) is 0.100. The number of nitrogens with one attached hydrogen (secondary N) is 1. The van der Waals surface area contributed by atoms with Crippen LogP contribution in [0.15, 0.2) is 84.4 Å². The molecule has 0 bridgehead atoms. The number of methoxy groups -OCH3 is 2. The molecule has 1 fully saturated rings. The van der Waals surface area contributed by atoms with Gasteiger partial charge in [-0.15, -0.1) is 0 Å². The summed E-state index contributed by atoms with van der Waals surface area (Å²) in [4.78, 5) is 39.2. The zero-order valence-electron chi connectivity index (χ0n) is 21.1. The summed E-state index contributed by atoms with van der Waals surface area (Å²) < 4.78 is 16.7. The molecule has 1 aliphatic rings. The highest BCUT2D eigenvalue weighted by molar-refractivity contribution is 6.39. The molecule has 0 aliphatic carbocycles. The van der Waals surface area contributed by atoms with Gasteiger partial charge in [0.05, 0.1) is 24.9 Å². The number of carbonyl (C=O) groups excluding carboxylic acids is 3. The van der Waals surface area contributed by atoms with Crippen molar-refractivity contribution in [3.05, 3.63) is 101 Å². The van der Waals surface area contributed by atoms with Crippen molar-refractivity contribution < 1.29 is 28.6 Å². The molecule has 196 valence electrons. The molecule has 8 nitrogen and oxygen atoms in total. The van der Waals surface area contributed by atoms with Crippen LogP contribution < -0.4 is 24.4 Å². The molecular weight excluding hydrogens is 520 g/mol. The Balaban J connectivity index is 1.43. The summed E-state index contributed by atoms with van der Waals surface area (Å²) in [6, 6.07) is 22.6. The average molecular weight is 543 g/mol. The van der Waals surface area contributed by atoms with Crippen LogP contribution in [0.2, 0.25) is 5.02 Å². The summed E-state index contributed by atoms with van der Waals surface area (Å²) >= 11 is 6.57. The maximum Gasteiger partial charge on any atom is 0.335 e. The quantitative estimate of drug-likeness (QED) is 0.236. The Morgan fingerprint density at radius 3 is 2.38 bits per heavy atom. The Morgan fingerprint density at radius 2 is 1.64 bits per heavy atom. The minimum Gasteiger partial charge on any atom is -0.497 e. The summed E-state index contributed by atoms with van der Waals surface area (Å²) in [5, 5.41) is 4.59. The molecule has 1 aliphatic heterocycles. The molecule has 4 amide bonds. The maximum absolute atomic E-state index is 13.2. The second kappa shape index (κ2) is 10.9. The van der Waals surface area contributed by atoms with E-state index >= 15 is 0 Å². The van der Waals surface area contributed by atoms with E-state index in [2.05, 4.69) is 5.32 Å². The number of anilines is 1. The highest BCUT2D eigenvalue weighted by Gasteiger charge is 2.37. The molecule has 1 heterocycles. The number of amides is 4. The molecule has 9 heteroatoms. The fourth-order valence-electron chi connectivity index (χ4n) is 4.32. The van der Waals surface area contributed by atoms with Crippen LogP contribution in [0.3, 0.4) is 0 Å². The van der Waals surface area contributed by atoms with Crippen LogP contribution in [0.25, 0.3) is 16.8 Å². The average Bonchev–Trinajstić information content (AvgIpc) is 2.94. The largest absolute Gasteiger partial charge is 0.497 e. The van der Waals surface area contributed by atoms with Crippen molar-refractivity contribution in [2.45, 2.75) is 6.61 Å². The Kier molecular flexibility index (Phi) is 7.21. The van der Waals surface area contributed by atoms with Crippen LogP contribution >= 0.6 is 11.6 Å². The van der Waals surface area contributed by atoms with E-state index in [4.69, 9.17) is 25.8 Å². The molecule has 0 atom stereocenters. The lowest BCUT2D eigenvalue weighted by Gasteiger charge is -2.26. The lowest BCUT2D eigenvalue weighted by Crippen LogP contribution is -2.54. The van der Waals surface area contributed by atoms with E-state index in [9.17, 15) is 14.4 Å². The number of imide groups is 2. The molecule has 39 heavy (non-hydrogen) atoms. The van der Waals surface area contributed by atoms with Gasteiger partial charge in [0, 0.05) is 0 Å². The topological polar surface area (TPSA) is 94.2 Å². The molecule has 0 unspecified atom stereocenters. The molecule has 0 spiro atoms. The van der Waals surface area contributed by atoms with Crippen molar-refractivity contribution in [1.29, 1.82) is 0 Å². The first-order valence-corrected chi connectivity index (χ1v) is 12.3. The van der Waals surface area contributed by atoms with Crippen molar-refractivity contribution in [3.63, 3.8) is 0 Å². The molecular formula is C30H23ClN2O6. The number of fused-ring (bicyclic) bond motifs is 1. The summed E-state index contributed by atoms with van der Waals surface area (Å²) in [6.45, 7) is 0.248. The lowest BCUT2D eigenvalue weighted by atomic mass is 10.1. The van der Waals surface area contributed by atoms with E-state index in [1.54, 1.807) is 36.4 Å². The summed E-state index contributed by atoms with van der Waals surface area (Å²) in [7, 11) is 2.97. The molecule has 4 aromatic rings. The molecule has 0 aromatic heterocycles. The van der Waals surface area contributed by atoms with Crippen molar-refractivity contribution in [3.8, 4) is 17.2 Å². The number of hydrogen-bond acceptors (Lipinski definition) is 6. The number of hydrogen-bond donors (Lipinski definition) is 1. The maximum atomic E-state index is 13.2. The minimum atomic E-state index is -0.847. The molecule has 1 saturated heterocycles. The standard InChI is InChI=1S/C30H23ClN2O6/c1-37-22-12-10-21(11-13-22)33-29(35)24(28(34)32-30(33)36)14-18-15-25(31)27(26(16-18)38-2)39-17-20-8-5-7-19-6-3-4-9-23(19)20/h3-16H,17H2,1-2H3,(H,32,34,36)/b24-14+. The van der Waals surface area contributed by atoms with Crippen LogP contribution in [0.1, 0.15) is 11.1 Å². The molecule has 0 radical (unpaired) electrons. The Bertz CT molecular complexity index is 1630. The van der Waals surface area contributed by atoms with Crippen LogP contribution in [-0.4, -0.2) is 32.1 Å². The summed E-state index contributed by atoms with van der Waals surface area (Å²) in [5.41, 5.74) is 1.43. The van der Waals surface area contributed by atoms with Gasteiger partial charge in [0.1, 0.15) is 17.9 Å². The molecule has 1 N–H and O–H groups in total. The van der Waals surface area contributed by atoms with Gasteiger partial charge in [-0.25, -0.2) is 9.69 Å². The van der Waals surface area contributed by atoms with Gasteiger partial charge in [0.25, 0.3) is 11.8 Å². The Hall–Kier alpha value is -4.82. The second-order valence-electron chi connectivity index (χ2n) is 8.62. The number of rotatable bonds is 7. The van der Waals surface area contributed by atoms with Gasteiger partial charge in [0.2, 0.25) is 0 Å². The van der Waals surface area contributed by atoms with Crippen molar-refractivity contribution in [1.82, 2.24) is 5.32 Å². The van der Waals surface area contributed by atoms with Gasteiger partial charge < -0.3 is 14.2 Å². The predicted octanol–water partition coefficient (Wildman–Crippen LogP) is 5.76. The van der Waals surface area contributed by atoms with Crippen molar-refractivity contribution in [2.75, 3.05) is 19.1 Å². The number of barbiturate groups is 1. The van der Waals surface area contributed by atoms with E-state index in [1.807, 2.05) is 42.5 Å². The van der Waals surface area contributed by atoms with Gasteiger partial charge in [-0.05, 0) is 64.4 Å². The third-order valence-corrected chi connectivity index (χ3v) is 6.53. The summed E-state index contributed by atoms with van der Waals surface area (Å²) in [5.74, 6) is -0.397. The number of carbonyl (C=O) groups is 3. The highest BCUT2D eigenvalue weighted by Crippen LogP contribution is 2.38. The Labute approximate surface area is 229 Å². The first-order chi connectivity index (χ1) is 18.9. The van der Waals surface area contributed by atoms with Crippen molar-refractivity contribution in [2.24, 2.45) is 0 Å². The van der Waals surface area contributed by atoms with E-state index in [0.717, 1.165) is 21.2 Å². The third kappa shape index (κ3) is 5.15. The van der Waals surface area contributed by atoms with Gasteiger partial charge in [0.15, 0.2) is 11.5 Å². The lowest BCUT2D eigenvalue weighted by molar-refractivity contribution is -0.122. The van der Waals surface area contributed by atoms with Crippen molar-refractivity contribution >= 4 is 52.0 Å². The molecule has 4 aromatic carbocycles. The van der Waals surface area contributed by atoms with Crippen LogP contribution in [0.5, 0.6) is 17.2 Å². The summed E-state index contributed by atoms with van der Waals surface area (Å²) in [6.07, 6.45) is 1.35. The van der Waals surface area contributed by atoms with Crippen LogP contribution in [-0.2, 0) is 16.2 Å². The monoisotopic (exact) mass is 542 g/mol. The van der Waals surface area contributed by atoms with E-state index in [0.29, 0.717) is 22.8 Å². The minimum absolute atomic E-state index is 0.230. The molecule has 0 saturated carbocycles. The smallest absolute Gasteiger partial charge is 0.335 e. The fourth-order valence-corrected chi connectivity index (χ4v) is 4.60. The van der Waals surface area contributed by atoms with E-state index in [-0.39, 0.29) is 22.9 Å². The van der Waals surface area contributed by atoms with Gasteiger partial charge in [-0.2, -0.15) is 0 Å². The van der Waals surface area contributed by atoms with E-state index in [1.165, 1.54) is 20.3 Å². The van der Waals surface area contributed by atoms with Gasteiger partial charge in [-0.3, -0.25) is 14.9 Å². The molecule has 5 rings (SSSR count). The van der Waals surface area contributed by atoms with Crippen LogP contribution in [0.4, 0.5) is 10.5 Å². The zero-order chi connectivity index (χ0) is 27.5. The SMILES string of the molecule is COc1ccc(N2C(=O)NC(=O)/C(=C\c3cc(Cl)c(OCc4cccc5ccccc45)c(OC)c3)C2=O)cc1. The normalized spacial score (nSPS) is 14.5. The predicted molar refractivity (Wildman–Crippen MR) is 148 cm³/mol. The first-order valence-electron chi connectivity index (χ1n) is 11.9.